The van der Waals surface area contributed by atoms with E-state index in [1.807, 2.05) is 24.4 Å². The molecule has 1 saturated heterocycles. The van der Waals surface area contributed by atoms with Crippen molar-refractivity contribution in [2.24, 2.45) is 5.92 Å². The number of piperidine rings is 1. The number of nitrogens with one attached hydrogen (secondary N) is 2. The number of pyridine rings is 2. The molecule has 0 aliphatic carbocycles. The zero-order chi connectivity index (χ0) is 25.1. The molecule has 4 heterocycles. The summed E-state index contributed by atoms with van der Waals surface area (Å²) >= 11 is 1.41. The summed E-state index contributed by atoms with van der Waals surface area (Å²) in [5, 5.41) is 2.75. The number of hydrogen-bond donors (Lipinski definition) is 2. The van der Waals surface area contributed by atoms with Crippen LogP contribution in [0.3, 0.4) is 0 Å². The van der Waals surface area contributed by atoms with Gasteiger partial charge >= 0.3 is 0 Å². The van der Waals surface area contributed by atoms with Crippen LogP contribution in [-0.4, -0.2) is 68.2 Å². The van der Waals surface area contributed by atoms with Gasteiger partial charge in [0, 0.05) is 36.8 Å². The number of aromatic nitrogens is 2. The largest absolute Gasteiger partial charge is 0.481 e. The molecule has 190 valence electrons. The molecule has 11 heteroatoms. The number of likely N-dealkylation sites (tertiary alicyclic amines) is 1. The maximum atomic E-state index is 12.9. The fourth-order valence-electron chi connectivity index (χ4n) is 4.72. The molecule has 2 aliphatic heterocycles. The van der Waals surface area contributed by atoms with E-state index >= 15 is 0 Å². The first-order chi connectivity index (χ1) is 17.4. The molecule has 3 aromatic rings. The summed E-state index contributed by atoms with van der Waals surface area (Å²) in [5.41, 5.74) is 3.38. The van der Waals surface area contributed by atoms with Gasteiger partial charge in [0.2, 0.25) is 21.8 Å². The van der Waals surface area contributed by atoms with E-state index in [4.69, 9.17) is 4.74 Å². The van der Waals surface area contributed by atoms with Crippen LogP contribution in [0.1, 0.15) is 18.4 Å². The van der Waals surface area contributed by atoms with Crippen LogP contribution in [0.15, 0.2) is 52.4 Å². The number of carbonyl (C=O) groups is 1. The zero-order valence-corrected chi connectivity index (χ0v) is 21.7. The van der Waals surface area contributed by atoms with E-state index in [1.54, 1.807) is 19.2 Å². The number of carbonyl (C=O) groups excluding carboxylic acids is 1. The number of thioether (sulfide) groups is 1. The summed E-state index contributed by atoms with van der Waals surface area (Å²) < 4.78 is 34.0. The van der Waals surface area contributed by atoms with Crippen molar-refractivity contribution < 1.29 is 17.9 Å². The van der Waals surface area contributed by atoms with Crippen molar-refractivity contribution in [3.05, 3.63) is 48.2 Å². The average Bonchev–Trinajstić information content (AvgIpc) is 2.90. The Labute approximate surface area is 215 Å². The van der Waals surface area contributed by atoms with Crippen molar-refractivity contribution >= 4 is 44.4 Å². The number of rotatable bonds is 8. The lowest BCUT2D eigenvalue weighted by Crippen LogP contribution is -2.41. The number of hydrogen-bond acceptors (Lipinski definition) is 8. The molecule has 0 spiro atoms. The monoisotopic (exact) mass is 527 g/mol. The van der Waals surface area contributed by atoms with E-state index < -0.39 is 10.0 Å². The van der Waals surface area contributed by atoms with E-state index in [-0.39, 0.29) is 16.7 Å². The number of benzene rings is 1. The van der Waals surface area contributed by atoms with Gasteiger partial charge in [0.1, 0.15) is 0 Å². The first-order valence-corrected chi connectivity index (χ1v) is 14.5. The van der Waals surface area contributed by atoms with E-state index in [0.29, 0.717) is 23.9 Å². The maximum Gasteiger partial charge on any atom is 0.240 e. The standard InChI is InChI=1S/C25H29N5O4S2/c1-34-24-7-5-20-25(29-24)18(8-10-26-20)9-12-30-11-2-3-17(15-30)14-27-36(32,33)19-4-6-22-21(13-19)28-23(31)16-35-22/h4-8,10,13,17,27H,2-3,9,11-12,14-16H2,1H3,(H,28,31). The van der Waals surface area contributed by atoms with Crippen LogP contribution < -0.4 is 14.8 Å². The summed E-state index contributed by atoms with van der Waals surface area (Å²) in [7, 11) is -2.06. The molecule has 0 saturated carbocycles. The molecule has 1 fully saturated rings. The Morgan fingerprint density at radius 2 is 2.14 bits per heavy atom. The van der Waals surface area contributed by atoms with Gasteiger partial charge in [0.15, 0.2) is 0 Å². The molecule has 1 unspecified atom stereocenters. The lowest BCUT2D eigenvalue weighted by Gasteiger charge is -2.32. The van der Waals surface area contributed by atoms with Gasteiger partial charge in [-0.05, 0) is 67.6 Å². The Balaban J connectivity index is 1.19. The quantitative estimate of drug-likeness (QED) is 0.460. The molecular formula is C25H29N5O4S2. The molecule has 9 nitrogen and oxygen atoms in total. The molecule has 36 heavy (non-hydrogen) atoms. The second-order valence-corrected chi connectivity index (χ2v) is 11.9. The number of fused-ring (bicyclic) bond motifs is 2. The number of nitrogens with zero attached hydrogens (tertiary/aromatic N) is 3. The van der Waals surface area contributed by atoms with Crippen molar-refractivity contribution in [1.82, 2.24) is 19.6 Å². The highest BCUT2D eigenvalue weighted by atomic mass is 32.2. The zero-order valence-electron chi connectivity index (χ0n) is 20.1. The highest BCUT2D eigenvalue weighted by Gasteiger charge is 2.24. The minimum absolute atomic E-state index is 0.119. The van der Waals surface area contributed by atoms with Crippen LogP contribution in [0.4, 0.5) is 5.69 Å². The smallest absolute Gasteiger partial charge is 0.240 e. The first kappa shape index (κ1) is 24.9. The molecule has 5 rings (SSSR count). The fraction of sp³-hybridized carbons (Fsp3) is 0.400. The predicted molar refractivity (Wildman–Crippen MR) is 140 cm³/mol. The minimum atomic E-state index is -3.67. The lowest BCUT2D eigenvalue weighted by atomic mass is 9.98. The summed E-state index contributed by atoms with van der Waals surface area (Å²) in [6, 6.07) is 10.6. The Hall–Kier alpha value is -2.73. The SMILES string of the molecule is COc1ccc2nccc(CCN3CCCC(CNS(=O)(=O)c4ccc5c(c4)NC(=O)CS5)C3)c2n1. The number of amides is 1. The van der Waals surface area contributed by atoms with Gasteiger partial charge in [0.05, 0.1) is 34.5 Å². The van der Waals surface area contributed by atoms with E-state index in [9.17, 15) is 13.2 Å². The molecular weight excluding hydrogens is 498 g/mol. The van der Waals surface area contributed by atoms with Crippen molar-refractivity contribution in [2.75, 3.05) is 44.4 Å². The number of sulfonamides is 1. The van der Waals surface area contributed by atoms with Gasteiger partial charge < -0.3 is 15.0 Å². The molecule has 1 aromatic carbocycles. The number of anilines is 1. The highest BCUT2D eigenvalue weighted by molar-refractivity contribution is 8.00. The molecule has 0 bridgehead atoms. The third-order valence-electron chi connectivity index (χ3n) is 6.61. The molecule has 1 amide bonds. The summed E-state index contributed by atoms with van der Waals surface area (Å²) in [6.45, 7) is 3.07. The number of methoxy groups -OCH3 is 1. The van der Waals surface area contributed by atoms with E-state index in [2.05, 4.69) is 24.9 Å². The van der Waals surface area contributed by atoms with Crippen molar-refractivity contribution in [2.45, 2.75) is 29.1 Å². The molecule has 1 atom stereocenters. The Morgan fingerprint density at radius 3 is 3.00 bits per heavy atom. The van der Waals surface area contributed by atoms with Crippen LogP contribution in [0.5, 0.6) is 5.88 Å². The predicted octanol–water partition coefficient (Wildman–Crippen LogP) is 2.92. The van der Waals surface area contributed by atoms with Crippen LogP contribution in [0.2, 0.25) is 0 Å². The fourth-order valence-corrected chi connectivity index (χ4v) is 6.65. The van der Waals surface area contributed by atoms with Gasteiger partial charge in [-0.3, -0.25) is 9.78 Å². The normalized spacial score (nSPS) is 18.6. The Kier molecular flexibility index (Phi) is 7.42. The Bertz CT molecular complexity index is 1380. The van der Waals surface area contributed by atoms with Crippen LogP contribution in [0, 0.1) is 5.92 Å². The summed E-state index contributed by atoms with van der Waals surface area (Å²) in [4.78, 5) is 24.1. The highest BCUT2D eigenvalue weighted by Crippen LogP contribution is 2.33. The van der Waals surface area contributed by atoms with Gasteiger partial charge in [-0.15, -0.1) is 11.8 Å². The van der Waals surface area contributed by atoms with Crippen molar-refractivity contribution in [3.63, 3.8) is 0 Å². The minimum Gasteiger partial charge on any atom is -0.481 e. The van der Waals surface area contributed by atoms with Crippen molar-refractivity contribution in [1.29, 1.82) is 0 Å². The molecule has 2 aliphatic rings. The summed E-state index contributed by atoms with van der Waals surface area (Å²) in [5.74, 6) is 1.03. The van der Waals surface area contributed by atoms with Crippen LogP contribution in [0.25, 0.3) is 11.0 Å². The maximum absolute atomic E-state index is 12.9. The van der Waals surface area contributed by atoms with Gasteiger partial charge in [-0.25, -0.2) is 18.1 Å². The van der Waals surface area contributed by atoms with Crippen molar-refractivity contribution in [3.8, 4) is 5.88 Å². The van der Waals surface area contributed by atoms with E-state index in [0.717, 1.165) is 60.4 Å². The number of ether oxygens (including phenoxy) is 1. The average molecular weight is 528 g/mol. The second kappa shape index (κ2) is 10.7. The van der Waals surface area contributed by atoms with E-state index in [1.165, 1.54) is 17.8 Å². The molecule has 2 aromatic heterocycles. The second-order valence-electron chi connectivity index (χ2n) is 9.10. The topological polar surface area (TPSA) is 114 Å². The van der Waals surface area contributed by atoms with Crippen LogP contribution >= 0.6 is 11.8 Å². The van der Waals surface area contributed by atoms with Crippen LogP contribution in [-0.2, 0) is 21.2 Å². The summed E-state index contributed by atoms with van der Waals surface area (Å²) in [6.07, 6.45) is 4.64. The molecule has 0 radical (unpaired) electrons. The Morgan fingerprint density at radius 1 is 1.25 bits per heavy atom. The third-order valence-corrected chi connectivity index (χ3v) is 9.10. The van der Waals surface area contributed by atoms with Gasteiger partial charge in [-0.2, -0.15) is 0 Å². The van der Waals surface area contributed by atoms with Gasteiger partial charge in [-0.1, -0.05) is 0 Å². The lowest BCUT2D eigenvalue weighted by molar-refractivity contribution is -0.113. The first-order valence-electron chi connectivity index (χ1n) is 12.0. The molecule has 2 N–H and O–H groups in total. The third kappa shape index (κ3) is 5.64. The van der Waals surface area contributed by atoms with Gasteiger partial charge in [0.25, 0.3) is 0 Å².